The molecule has 0 saturated carbocycles. The largest absolute Gasteiger partial charge is 0.491 e. The number of ether oxygens (including phenoxy) is 1. The number of amides is 1. The summed E-state index contributed by atoms with van der Waals surface area (Å²) in [7, 11) is 0. The molecule has 0 fully saturated rings. The number of hydrogen-bond donors (Lipinski definition) is 3. The molecule has 3 aromatic rings. The van der Waals surface area contributed by atoms with Crippen molar-refractivity contribution in [2.45, 2.75) is 52.8 Å². The van der Waals surface area contributed by atoms with E-state index in [0.29, 0.717) is 10.7 Å². The van der Waals surface area contributed by atoms with Crippen LogP contribution in [0.1, 0.15) is 37.8 Å². The molecule has 0 unspecified atom stereocenters. The van der Waals surface area contributed by atoms with Crippen molar-refractivity contribution in [1.29, 1.82) is 0 Å². The molecule has 0 atom stereocenters. The molecule has 0 aliphatic carbocycles. The molecule has 0 aliphatic rings. The molecular weight excluding hydrogens is 498 g/mol. The molecule has 2 aromatic carbocycles. The number of halogens is 1. The molecular formula is C26H32ClN5O5. The molecule has 3 rings (SSSR count). The van der Waals surface area contributed by atoms with Gasteiger partial charge in [0, 0.05) is 30.2 Å². The first kappa shape index (κ1) is 27.9. The van der Waals surface area contributed by atoms with Crippen molar-refractivity contribution in [2.75, 3.05) is 18.5 Å². The minimum atomic E-state index is -0.716. The number of hydrogen-bond acceptors (Lipinski definition) is 7. The van der Waals surface area contributed by atoms with E-state index in [2.05, 4.69) is 15.6 Å². The highest BCUT2D eigenvalue weighted by Crippen LogP contribution is 2.24. The lowest BCUT2D eigenvalue weighted by atomic mass is 10.2. The van der Waals surface area contributed by atoms with E-state index in [1.807, 2.05) is 32.9 Å². The molecule has 1 aromatic heterocycles. The van der Waals surface area contributed by atoms with Gasteiger partial charge in [-0.3, -0.25) is 9.36 Å². The van der Waals surface area contributed by atoms with Crippen molar-refractivity contribution >= 4 is 29.1 Å². The maximum Gasteiger partial charge on any atom is 0.354 e. The van der Waals surface area contributed by atoms with Gasteiger partial charge in [-0.15, -0.1) is 0 Å². The molecule has 10 nitrogen and oxygen atoms in total. The maximum absolute atomic E-state index is 13.4. The number of carbonyl (C=O) groups is 1. The summed E-state index contributed by atoms with van der Waals surface area (Å²) in [6.07, 6.45) is 0.392. The van der Waals surface area contributed by atoms with Crippen LogP contribution < -0.4 is 26.7 Å². The molecule has 0 bridgehead atoms. The molecule has 198 valence electrons. The highest BCUT2D eigenvalue weighted by Gasteiger charge is 2.15. The Morgan fingerprint density at radius 3 is 2.51 bits per heavy atom. The third-order valence-corrected chi connectivity index (χ3v) is 5.67. The van der Waals surface area contributed by atoms with Gasteiger partial charge in [0.1, 0.15) is 5.75 Å². The molecule has 1 heterocycles. The Morgan fingerprint density at radius 2 is 1.86 bits per heavy atom. The monoisotopic (exact) mass is 529 g/mol. The van der Waals surface area contributed by atoms with Gasteiger partial charge < -0.3 is 20.5 Å². The van der Waals surface area contributed by atoms with Crippen molar-refractivity contribution in [3.8, 4) is 5.75 Å². The lowest BCUT2D eigenvalue weighted by molar-refractivity contribution is -0.121. The first-order chi connectivity index (χ1) is 17.7. The lowest BCUT2D eigenvalue weighted by Gasteiger charge is -2.17. The van der Waals surface area contributed by atoms with E-state index in [4.69, 9.17) is 21.4 Å². The van der Waals surface area contributed by atoms with Crippen molar-refractivity contribution in [3.05, 3.63) is 79.6 Å². The van der Waals surface area contributed by atoms with E-state index < -0.39 is 11.4 Å². The number of nitrogens with one attached hydrogen (secondary N) is 2. The minimum Gasteiger partial charge on any atom is -0.491 e. The van der Waals surface area contributed by atoms with Crippen LogP contribution in [0.5, 0.6) is 5.75 Å². The highest BCUT2D eigenvalue weighted by atomic mass is 35.5. The van der Waals surface area contributed by atoms with Crippen LogP contribution in [0, 0.1) is 6.92 Å². The number of aliphatic hydroxyl groups is 1. The van der Waals surface area contributed by atoms with Crippen LogP contribution in [-0.4, -0.2) is 44.4 Å². The molecule has 0 saturated heterocycles. The van der Waals surface area contributed by atoms with E-state index in [9.17, 15) is 14.4 Å². The van der Waals surface area contributed by atoms with E-state index in [1.54, 1.807) is 30.3 Å². The molecule has 0 spiro atoms. The Hall–Kier alpha value is -3.63. The van der Waals surface area contributed by atoms with Gasteiger partial charge in [-0.2, -0.15) is 4.98 Å². The zero-order valence-corrected chi connectivity index (χ0v) is 21.9. The van der Waals surface area contributed by atoms with E-state index in [-0.39, 0.29) is 57.0 Å². The minimum absolute atomic E-state index is 0.0251. The summed E-state index contributed by atoms with van der Waals surface area (Å²) >= 11 is 6.01. The van der Waals surface area contributed by atoms with Crippen LogP contribution in [0.25, 0.3) is 0 Å². The van der Waals surface area contributed by atoms with Crippen LogP contribution in [0.3, 0.4) is 0 Å². The first-order valence-corrected chi connectivity index (χ1v) is 12.4. The highest BCUT2D eigenvalue weighted by molar-refractivity contribution is 6.30. The van der Waals surface area contributed by atoms with E-state index in [0.717, 1.165) is 21.4 Å². The summed E-state index contributed by atoms with van der Waals surface area (Å²) in [5, 5.41) is 15.0. The van der Waals surface area contributed by atoms with Gasteiger partial charge in [0.15, 0.2) is 0 Å². The van der Waals surface area contributed by atoms with Crippen molar-refractivity contribution in [1.82, 2.24) is 19.4 Å². The second kappa shape index (κ2) is 13.1. The SMILES string of the molecule is Cc1cc(Nc2nc(=O)n(CCCC(=O)NCCO)c(=O)n2Cc2ccc(Cl)cc2)ccc1OC(C)C. The van der Waals surface area contributed by atoms with Crippen LogP contribution in [0.4, 0.5) is 11.6 Å². The summed E-state index contributed by atoms with van der Waals surface area (Å²) in [4.78, 5) is 42.2. The lowest BCUT2D eigenvalue weighted by Crippen LogP contribution is -2.43. The summed E-state index contributed by atoms with van der Waals surface area (Å²) in [6.45, 7) is 5.97. The van der Waals surface area contributed by atoms with E-state index >= 15 is 0 Å². The number of aliphatic hydroxyl groups excluding tert-OH is 1. The maximum atomic E-state index is 13.4. The molecule has 1 amide bonds. The quantitative estimate of drug-likeness (QED) is 0.329. The molecule has 0 aliphatic heterocycles. The topological polar surface area (TPSA) is 127 Å². The Morgan fingerprint density at radius 1 is 1.14 bits per heavy atom. The zero-order valence-electron chi connectivity index (χ0n) is 21.2. The fraction of sp³-hybridized carbons (Fsp3) is 0.385. The van der Waals surface area contributed by atoms with Crippen molar-refractivity contribution in [2.24, 2.45) is 0 Å². The van der Waals surface area contributed by atoms with Crippen LogP contribution in [-0.2, 0) is 17.9 Å². The Kier molecular flexibility index (Phi) is 9.87. The predicted octanol–water partition coefficient (Wildman–Crippen LogP) is 2.83. The third kappa shape index (κ3) is 7.93. The number of aryl methyl sites for hydroxylation is 1. The van der Waals surface area contributed by atoms with Gasteiger partial charge in [-0.1, -0.05) is 23.7 Å². The Labute approximate surface area is 219 Å². The smallest absolute Gasteiger partial charge is 0.354 e. The molecule has 0 radical (unpaired) electrons. The average molecular weight is 530 g/mol. The number of carbonyl (C=O) groups excluding carboxylic acids is 1. The normalized spacial score (nSPS) is 11.0. The second-order valence-electron chi connectivity index (χ2n) is 8.81. The van der Waals surface area contributed by atoms with E-state index in [1.165, 1.54) is 4.57 Å². The Balaban J connectivity index is 1.92. The number of rotatable bonds is 12. The van der Waals surface area contributed by atoms with Crippen LogP contribution in [0.15, 0.2) is 52.1 Å². The van der Waals surface area contributed by atoms with Gasteiger partial charge >= 0.3 is 11.4 Å². The van der Waals surface area contributed by atoms with Gasteiger partial charge in [-0.05, 0) is 68.7 Å². The summed E-state index contributed by atoms with van der Waals surface area (Å²) < 4.78 is 8.19. The number of benzene rings is 2. The summed E-state index contributed by atoms with van der Waals surface area (Å²) in [6, 6.07) is 12.5. The standard InChI is InChI=1S/C26H32ClN5O5/c1-17(2)37-22-11-10-21(15-18(22)3)29-24-30-25(35)31(13-4-5-23(34)28-12-14-33)26(36)32(24)16-19-6-8-20(27)9-7-19/h6-11,15,17,33H,4-5,12-14,16H2,1-3H3,(H,28,34)(H,29,30,35). The van der Waals surface area contributed by atoms with Gasteiger partial charge in [-0.25, -0.2) is 14.2 Å². The summed E-state index contributed by atoms with van der Waals surface area (Å²) in [5.41, 5.74) is 1.06. The molecule has 37 heavy (non-hydrogen) atoms. The summed E-state index contributed by atoms with van der Waals surface area (Å²) in [5.74, 6) is 0.569. The number of aromatic nitrogens is 3. The first-order valence-electron chi connectivity index (χ1n) is 12.1. The van der Waals surface area contributed by atoms with Gasteiger partial charge in [0.05, 0.1) is 19.3 Å². The Bertz CT molecular complexity index is 1330. The van der Waals surface area contributed by atoms with Crippen molar-refractivity contribution in [3.63, 3.8) is 0 Å². The number of anilines is 2. The molecule has 3 N–H and O–H groups in total. The second-order valence-corrected chi connectivity index (χ2v) is 9.25. The average Bonchev–Trinajstić information content (AvgIpc) is 2.85. The third-order valence-electron chi connectivity index (χ3n) is 5.42. The fourth-order valence-electron chi connectivity index (χ4n) is 3.65. The molecule has 11 heteroatoms. The van der Waals surface area contributed by atoms with Gasteiger partial charge in [0.2, 0.25) is 11.9 Å². The van der Waals surface area contributed by atoms with Crippen molar-refractivity contribution < 1.29 is 14.6 Å². The zero-order chi connectivity index (χ0) is 26.9. The van der Waals surface area contributed by atoms with Crippen LogP contribution in [0.2, 0.25) is 5.02 Å². The van der Waals surface area contributed by atoms with Crippen LogP contribution >= 0.6 is 11.6 Å². The predicted molar refractivity (Wildman–Crippen MR) is 143 cm³/mol. The number of nitrogens with zero attached hydrogens (tertiary/aromatic N) is 3. The fourth-order valence-corrected chi connectivity index (χ4v) is 3.78. The van der Waals surface area contributed by atoms with Gasteiger partial charge in [0.25, 0.3) is 0 Å².